The van der Waals surface area contributed by atoms with E-state index >= 15 is 0 Å². The summed E-state index contributed by atoms with van der Waals surface area (Å²) in [4.78, 5) is 23.1. The summed E-state index contributed by atoms with van der Waals surface area (Å²) in [5.41, 5.74) is 3.26. The number of aromatic nitrogens is 2. The van der Waals surface area contributed by atoms with Crippen LogP contribution in [0.25, 0.3) is 0 Å². The van der Waals surface area contributed by atoms with E-state index < -0.39 is 0 Å². The van der Waals surface area contributed by atoms with E-state index in [9.17, 15) is 9.18 Å². The highest BCUT2D eigenvalue weighted by Crippen LogP contribution is 2.31. The predicted octanol–water partition coefficient (Wildman–Crippen LogP) is 3.95. The van der Waals surface area contributed by atoms with Gasteiger partial charge in [0, 0.05) is 30.3 Å². The predicted molar refractivity (Wildman–Crippen MR) is 98.2 cm³/mol. The summed E-state index contributed by atoms with van der Waals surface area (Å²) in [6.45, 7) is 0.845. The lowest BCUT2D eigenvalue weighted by Gasteiger charge is -2.29. The Labute approximate surface area is 150 Å². The van der Waals surface area contributed by atoms with Crippen molar-refractivity contribution >= 4 is 23.2 Å². The number of hydrogen-bond acceptors (Lipinski definition) is 4. The van der Waals surface area contributed by atoms with Gasteiger partial charge in [-0.2, -0.15) is 0 Å². The van der Waals surface area contributed by atoms with E-state index in [1.165, 1.54) is 42.2 Å². The molecule has 0 spiro atoms. The van der Waals surface area contributed by atoms with Crippen molar-refractivity contribution in [3.63, 3.8) is 0 Å². The Morgan fingerprint density at radius 1 is 1.04 bits per heavy atom. The molecule has 1 aliphatic rings. The molecule has 2 heterocycles. The van der Waals surface area contributed by atoms with Gasteiger partial charge in [0.1, 0.15) is 5.82 Å². The first kappa shape index (κ1) is 16.2. The zero-order valence-corrected chi connectivity index (χ0v) is 14.0. The summed E-state index contributed by atoms with van der Waals surface area (Å²) in [5, 5.41) is 2.70. The van der Waals surface area contributed by atoms with Crippen molar-refractivity contribution in [2.24, 2.45) is 0 Å². The lowest BCUT2D eigenvalue weighted by Crippen LogP contribution is -2.26. The molecule has 1 amide bonds. The number of para-hydroxylation sites is 1. The number of fused-ring (bicyclic) bond motifs is 1. The van der Waals surface area contributed by atoms with E-state index in [2.05, 4.69) is 32.3 Å². The molecule has 0 aliphatic carbocycles. The highest BCUT2D eigenvalue weighted by molar-refractivity contribution is 6.03. The van der Waals surface area contributed by atoms with E-state index in [-0.39, 0.29) is 11.7 Å². The van der Waals surface area contributed by atoms with Gasteiger partial charge in [-0.05, 0) is 48.7 Å². The van der Waals surface area contributed by atoms with E-state index in [0.29, 0.717) is 17.2 Å². The van der Waals surface area contributed by atoms with E-state index in [0.717, 1.165) is 25.1 Å². The van der Waals surface area contributed by atoms with Crippen LogP contribution in [0.3, 0.4) is 0 Å². The number of aryl methyl sites for hydroxylation is 1. The number of nitrogens with one attached hydrogen (secondary N) is 1. The number of hydrogen-bond donors (Lipinski definition) is 1. The molecule has 5 nitrogen and oxygen atoms in total. The molecule has 0 saturated carbocycles. The van der Waals surface area contributed by atoms with Crippen LogP contribution in [-0.4, -0.2) is 22.4 Å². The molecular formula is C20H17FN4O. The van der Waals surface area contributed by atoms with Crippen LogP contribution in [0.5, 0.6) is 0 Å². The zero-order chi connectivity index (χ0) is 17.9. The van der Waals surface area contributed by atoms with Crippen molar-refractivity contribution in [1.82, 2.24) is 9.97 Å². The number of rotatable bonds is 3. The Hall–Kier alpha value is -3.28. The van der Waals surface area contributed by atoms with Crippen molar-refractivity contribution in [2.45, 2.75) is 12.8 Å². The molecule has 1 N–H and O–H groups in total. The molecule has 2 aromatic carbocycles. The zero-order valence-electron chi connectivity index (χ0n) is 14.0. The Bertz CT molecular complexity index is 925. The first-order valence-corrected chi connectivity index (χ1v) is 8.45. The van der Waals surface area contributed by atoms with Crippen molar-refractivity contribution in [2.75, 3.05) is 16.8 Å². The molecule has 1 aromatic heterocycles. The normalized spacial score (nSPS) is 13.2. The summed E-state index contributed by atoms with van der Waals surface area (Å²) < 4.78 is 12.9. The highest BCUT2D eigenvalue weighted by Gasteiger charge is 2.20. The van der Waals surface area contributed by atoms with Gasteiger partial charge >= 0.3 is 0 Å². The van der Waals surface area contributed by atoms with Gasteiger partial charge in [0.2, 0.25) is 5.95 Å². The van der Waals surface area contributed by atoms with Crippen LogP contribution in [0, 0.1) is 5.82 Å². The second-order valence-corrected chi connectivity index (χ2v) is 6.12. The second kappa shape index (κ2) is 6.92. The number of anilines is 3. The Morgan fingerprint density at radius 3 is 2.54 bits per heavy atom. The smallest absolute Gasteiger partial charge is 0.258 e. The first-order valence-electron chi connectivity index (χ1n) is 8.45. The third kappa shape index (κ3) is 3.26. The number of carbonyl (C=O) groups excluding carboxylic acids is 1. The number of nitrogens with zero attached hydrogens (tertiary/aromatic N) is 3. The Morgan fingerprint density at radius 2 is 1.77 bits per heavy atom. The fraction of sp³-hybridized carbons (Fsp3) is 0.150. The van der Waals surface area contributed by atoms with Crippen molar-refractivity contribution in [1.29, 1.82) is 0 Å². The van der Waals surface area contributed by atoms with Crippen LogP contribution in [-0.2, 0) is 6.42 Å². The van der Waals surface area contributed by atoms with Crippen LogP contribution >= 0.6 is 0 Å². The minimum Gasteiger partial charge on any atom is -0.322 e. The average molecular weight is 348 g/mol. The molecule has 6 heteroatoms. The minimum atomic E-state index is -0.350. The summed E-state index contributed by atoms with van der Waals surface area (Å²) >= 11 is 0. The summed E-state index contributed by atoms with van der Waals surface area (Å²) in [5.74, 6) is -0.102. The van der Waals surface area contributed by atoms with Gasteiger partial charge in [-0.25, -0.2) is 14.4 Å². The van der Waals surface area contributed by atoms with Crippen LogP contribution < -0.4 is 10.2 Å². The molecular weight excluding hydrogens is 331 g/mol. The largest absolute Gasteiger partial charge is 0.322 e. The summed E-state index contributed by atoms with van der Waals surface area (Å²) in [7, 11) is 0. The van der Waals surface area contributed by atoms with Gasteiger partial charge in [0.25, 0.3) is 5.91 Å². The lowest BCUT2D eigenvalue weighted by molar-refractivity contribution is 0.102. The third-order valence-electron chi connectivity index (χ3n) is 4.35. The molecule has 26 heavy (non-hydrogen) atoms. The van der Waals surface area contributed by atoms with Crippen LogP contribution in [0.2, 0.25) is 0 Å². The van der Waals surface area contributed by atoms with E-state index in [1.54, 1.807) is 0 Å². The van der Waals surface area contributed by atoms with Gasteiger partial charge in [0.05, 0.1) is 5.56 Å². The number of halogens is 1. The molecule has 0 unspecified atom stereocenters. The SMILES string of the molecule is O=C(Nc1ccc(F)cc1)c1cnc(N2CCCc3ccccc32)nc1. The topological polar surface area (TPSA) is 58.1 Å². The molecule has 0 radical (unpaired) electrons. The average Bonchev–Trinajstić information content (AvgIpc) is 2.69. The number of carbonyl (C=O) groups is 1. The summed E-state index contributed by atoms with van der Waals surface area (Å²) in [6.07, 6.45) is 5.11. The van der Waals surface area contributed by atoms with E-state index in [4.69, 9.17) is 0 Å². The fourth-order valence-electron chi connectivity index (χ4n) is 3.06. The fourth-order valence-corrected chi connectivity index (χ4v) is 3.06. The van der Waals surface area contributed by atoms with Gasteiger partial charge in [-0.3, -0.25) is 4.79 Å². The molecule has 3 aromatic rings. The van der Waals surface area contributed by atoms with Crippen LogP contribution in [0.4, 0.5) is 21.7 Å². The van der Waals surface area contributed by atoms with Crippen LogP contribution in [0.1, 0.15) is 22.3 Å². The van der Waals surface area contributed by atoms with E-state index in [1.807, 2.05) is 12.1 Å². The second-order valence-electron chi connectivity index (χ2n) is 6.12. The van der Waals surface area contributed by atoms with Crippen molar-refractivity contribution < 1.29 is 9.18 Å². The molecule has 0 saturated heterocycles. The first-order chi connectivity index (χ1) is 12.7. The number of amides is 1. The van der Waals surface area contributed by atoms with Gasteiger partial charge in [-0.15, -0.1) is 0 Å². The monoisotopic (exact) mass is 348 g/mol. The minimum absolute atomic E-state index is 0.331. The third-order valence-corrected chi connectivity index (χ3v) is 4.35. The number of benzene rings is 2. The van der Waals surface area contributed by atoms with Crippen molar-refractivity contribution in [3.8, 4) is 0 Å². The van der Waals surface area contributed by atoms with Crippen LogP contribution in [0.15, 0.2) is 60.9 Å². The lowest BCUT2D eigenvalue weighted by atomic mass is 10.0. The molecule has 4 rings (SSSR count). The quantitative estimate of drug-likeness (QED) is 0.779. The molecule has 1 aliphatic heterocycles. The maximum Gasteiger partial charge on any atom is 0.258 e. The molecule has 130 valence electrons. The Balaban J connectivity index is 1.52. The maximum atomic E-state index is 12.9. The molecule has 0 bridgehead atoms. The van der Waals surface area contributed by atoms with Gasteiger partial charge in [0.15, 0.2) is 0 Å². The standard InChI is InChI=1S/C20H17FN4O/c21-16-7-9-17(10-8-16)24-19(26)15-12-22-20(23-13-15)25-11-3-5-14-4-1-2-6-18(14)25/h1-2,4,6-10,12-13H,3,5,11H2,(H,24,26). The Kier molecular flexibility index (Phi) is 4.31. The van der Waals surface area contributed by atoms with Gasteiger partial charge in [-0.1, -0.05) is 18.2 Å². The highest BCUT2D eigenvalue weighted by atomic mass is 19.1. The molecule has 0 fully saturated rings. The maximum absolute atomic E-state index is 12.9. The summed E-state index contributed by atoms with van der Waals surface area (Å²) in [6, 6.07) is 13.8. The van der Waals surface area contributed by atoms with Gasteiger partial charge < -0.3 is 10.2 Å². The molecule has 0 atom stereocenters. The van der Waals surface area contributed by atoms with Crippen molar-refractivity contribution in [3.05, 3.63) is 77.9 Å².